The van der Waals surface area contributed by atoms with Gasteiger partial charge in [-0.15, -0.1) is 0 Å². The number of rotatable bonds is 4. The zero-order chi connectivity index (χ0) is 14.5. The molecule has 0 aromatic heterocycles. The molecular formula is C16H19N3O. The van der Waals surface area contributed by atoms with Crippen molar-refractivity contribution in [2.45, 2.75) is 20.4 Å². The predicted molar refractivity (Wildman–Crippen MR) is 77.8 cm³/mol. The molecule has 0 saturated carbocycles. The highest BCUT2D eigenvalue weighted by atomic mass is 16.2. The van der Waals surface area contributed by atoms with Crippen molar-refractivity contribution in [3.05, 3.63) is 46.5 Å². The highest BCUT2D eigenvalue weighted by Gasteiger charge is 2.20. The van der Waals surface area contributed by atoms with E-state index in [4.69, 9.17) is 5.26 Å². The predicted octanol–water partition coefficient (Wildman–Crippen LogP) is 1.83. The minimum atomic E-state index is 0.0664. The van der Waals surface area contributed by atoms with Gasteiger partial charge in [0.2, 0.25) is 5.91 Å². The largest absolute Gasteiger partial charge is 0.335 e. The topological polar surface area (TPSA) is 56.1 Å². The van der Waals surface area contributed by atoms with Crippen LogP contribution in [0.25, 0.3) is 0 Å². The van der Waals surface area contributed by atoms with E-state index in [9.17, 15) is 4.79 Å². The van der Waals surface area contributed by atoms with Crippen LogP contribution >= 0.6 is 0 Å². The van der Waals surface area contributed by atoms with Crippen LogP contribution in [0.1, 0.15) is 25.0 Å². The molecule has 1 aliphatic heterocycles. The molecule has 0 spiro atoms. The van der Waals surface area contributed by atoms with E-state index >= 15 is 0 Å². The lowest BCUT2D eigenvalue weighted by atomic mass is 10.0. The summed E-state index contributed by atoms with van der Waals surface area (Å²) in [5, 5.41) is 12.3. The molecule has 1 aromatic rings. The standard InChI is InChI=1S/C16H19N3O/c1-3-19(16(20)12(2)15-9-18-10-15)11-14-7-5-4-6-13(14)8-17/h4-7,18H,3,9-11H2,1-2H3. The maximum absolute atomic E-state index is 12.5. The monoisotopic (exact) mass is 269 g/mol. The summed E-state index contributed by atoms with van der Waals surface area (Å²) < 4.78 is 0. The van der Waals surface area contributed by atoms with Gasteiger partial charge in [-0.25, -0.2) is 0 Å². The molecule has 0 unspecified atom stereocenters. The summed E-state index contributed by atoms with van der Waals surface area (Å²) >= 11 is 0. The first-order valence-electron chi connectivity index (χ1n) is 6.84. The minimum Gasteiger partial charge on any atom is -0.335 e. The van der Waals surface area contributed by atoms with Crippen molar-refractivity contribution in [3.8, 4) is 6.07 Å². The number of nitriles is 1. The van der Waals surface area contributed by atoms with Crippen LogP contribution in [0, 0.1) is 11.3 Å². The van der Waals surface area contributed by atoms with Gasteiger partial charge in [0, 0.05) is 31.8 Å². The van der Waals surface area contributed by atoms with Gasteiger partial charge < -0.3 is 10.2 Å². The fraction of sp³-hybridized carbons (Fsp3) is 0.375. The smallest absolute Gasteiger partial charge is 0.249 e. The van der Waals surface area contributed by atoms with Crippen molar-refractivity contribution in [3.63, 3.8) is 0 Å². The van der Waals surface area contributed by atoms with Crippen LogP contribution in [0.3, 0.4) is 0 Å². The first-order valence-corrected chi connectivity index (χ1v) is 6.84. The molecule has 1 heterocycles. The highest BCUT2D eigenvalue weighted by molar-refractivity contribution is 5.94. The lowest BCUT2D eigenvalue weighted by Gasteiger charge is -2.26. The summed E-state index contributed by atoms with van der Waals surface area (Å²) in [4.78, 5) is 14.3. The van der Waals surface area contributed by atoms with Crippen molar-refractivity contribution >= 4 is 5.91 Å². The molecule has 104 valence electrons. The summed E-state index contributed by atoms with van der Waals surface area (Å²) in [7, 11) is 0. The van der Waals surface area contributed by atoms with E-state index in [-0.39, 0.29) is 5.91 Å². The average Bonchev–Trinajstić information content (AvgIpc) is 2.42. The fourth-order valence-electron chi connectivity index (χ4n) is 2.20. The zero-order valence-corrected chi connectivity index (χ0v) is 11.9. The lowest BCUT2D eigenvalue weighted by molar-refractivity contribution is -0.127. The third-order valence-electron chi connectivity index (χ3n) is 3.70. The lowest BCUT2D eigenvalue weighted by Crippen LogP contribution is -2.39. The molecule has 1 amide bonds. The quantitative estimate of drug-likeness (QED) is 0.848. The molecule has 1 fully saturated rings. The number of nitrogens with one attached hydrogen (secondary N) is 1. The maximum Gasteiger partial charge on any atom is 0.249 e. The van der Waals surface area contributed by atoms with Gasteiger partial charge in [-0.1, -0.05) is 18.2 Å². The van der Waals surface area contributed by atoms with E-state index in [0.717, 1.165) is 24.2 Å². The van der Waals surface area contributed by atoms with Gasteiger partial charge in [0.25, 0.3) is 0 Å². The van der Waals surface area contributed by atoms with Crippen LogP contribution in [0.5, 0.6) is 0 Å². The molecule has 0 atom stereocenters. The first kappa shape index (κ1) is 14.3. The second-order valence-corrected chi connectivity index (χ2v) is 4.92. The number of carbonyl (C=O) groups excluding carboxylic acids is 1. The molecule has 2 rings (SSSR count). The second-order valence-electron chi connectivity index (χ2n) is 4.92. The van der Waals surface area contributed by atoms with Crippen molar-refractivity contribution in [1.82, 2.24) is 10.2 Å². The van der Waals surface area contributed by atoms with Gasteiger partial charge in [0.1, 0.15) is 0 Å². The summed E-state index contributed by atoms with van der Waals surface area (Å²) in [6.07, 6.45) is 0. The Morgan fingerprint density at radius 2 is 2.10 bits per heavy atom. The first-order chi connectivity index (χ1) is 9.67. The second kappa shape index (κ2) is 6.36. The average molecular weight is 269 g/mol. The van der Waals surface area contributed by atoms with Gasteiger partial charge in [0.15, 0.2) is 0 Å². The number of hydrogen-bond acceptors (Lipinski definition) is 3. The molecule has 0 aliphatic carbocycles. The molecule has 0 bridgehead atoms. The van der Waals surface area contributed by atoms with Crippen molar-refractivity contribution in [2.24, 2.45) is 0 Å². The summed E-state index contributed by atoms with van der Waals surface area (Å²) in [6.45, 7) is 6.59. The third kappa shape index (κ3) is 2.89. The van der Waals surface area contributed by atoms with Crippen LogP contribution < -0.4 is 5.32 Å². The van der Waals surface area contributed by atoms with E-state index in [2.05, 4.69) is 11.4 Å². The molecule has 20 heavy (non-hydrogen) atoms. The summed E-state index contributed by atoms with van der Waals surface area (Å²) in [6, 6.07) is 9.61. The van der Waals surface area contributed by atoms with E-state index in [0.29, 0.717) is 18.7 Å². The Morgan fingerprint density at radius 3 is 2.65 bits per heavy atom. The Morgan fingerprint density at radius 1 is 1.40 bits per heavy atom. The number of amides is 1. The number of hydrogen-bond donors (Lipinski definition) is 1. The number of likely N-dealkylation sites (N-methyl/N-ethyl adjacent to an activating group) is 1. The molecule has 1 aliphatic rings. The van der Waals surface area contributed by atoms with Gasteiger partial charge in [-0.2, -0.15) is 5.26 Å². The molecule has 4 heteroatoms. The van der Waals surface area contributed by atoms with Gasteiger partial charge in [-0.3, -0.25) is 4.79 Å². The Kier molecular flexibility index (Phi) is 4.54. The molecule has 4 nitrogen and oxygen atoms in total. The van der Waals surface area contributed by atoms with Crippen LogP contribution in [0.4, 0.5) is 0 Å². The van der Waals surface area contributed by atoms with Gasteiger partial charge >= 0.3 is 0 Å². The fourth-order valence-corrected chi connectivity index (χ4v) is 2.20. The Balaban J connectivity index is 2.17. The third-order valence-corrected chi connectivity index (χ3v) is 3.70. The Labute approximate surface area is 119 Å². The van der Waals surface area contributed by atoms with E-state index in [1.165, 1.54) is 5.57 Å². The van der Waals surface area contributed by atoms with E-state index in [1.807, 2.05) is 32.0 Å². The number of benzene rings is 1. The van der Waals surface area contributed by atoms with Gasteiger partial charge in [-0.05, 0) is 31.1 Å². The summed E-state index contributed by atoms with van der Waals surface area (Å²) in [5.41, 5.74) is 3.55. The number of nitrogens with zero attached hydrogens (tertiary/aromatic N) is 2. The highest BCUT2D eigenvalue weighted by Crippen LogP contribution is 2.16. The summed E-state index contributed by atoms with van der Waals surface area (Å²) in [5.74, 6) is 0.0664. The van der Waals surface area contributed by atoms with Crippen LogP contribution in [-0.2, 0) is 11.3 Å². The van der Waals surface area contributed by atoms with Crippen molar-refractivity contribution in [2.75, 3.05) is 19.6 Å². The van der Waals surface area contributed by atoms with E-state index in [1.54, 1.807) is 11.0 Å². The molecule has 1 saturated heterocycles. The minimum absolute atomic E-state index is 0.0664. The van der Waals surface area contributed by atoms with Gasteiger partial charge in [0.05, 0.1) is 11.6 Å². The SMILES string of the molecule is CCN(Cc1ccccc1C#N)C(=O)C(C)=C1CNC1. The van der Waals surface area contributed by atoms with Crippen molar-refractivity contribution < 1.29 is 4.79 Å². The molecule has 1 aromatic carbocycles. The van der Waals surface area contributed by atoms with Crippen LogP contribution in [0.2, 0.25) is 0 Å². The van der Waals surface area contributed by atoms with Crippen molar-refractivity contribution in [1.29, 1.82) is 5.26 Å². The van der Waals surface area contributed by atoms with Crippen LogP contribution in [-0.4, -0.2) is 30.4 Å². The van der Waals surface area contributed by atoms with Crippen LogP contribution in [0.15, 0.2) is 35.4 Å². The molecule has 1 N–H and O–H groups in total. The van der Waals surface area contributed by atoms with E-state index < -0.39 is 0 Å². The Bertz CT molecular complexity index is 578. The Hall–Kier alpha value is -2.12. The normalized spacial score (nSPS) is 13.3. The number of carbonyl (C=O) groups is 1. The molecule has 0 radical (unpaired) electrons. The zero-order valence-electron chi connectivity index (χ0n) is 11.9. The maximum atomic E-state index is 12.5. The molecular weight excluding hydrogens is 250 g/mol.